The van der Waals surface area contributed by atoms with E-state index in [1.165, 1.54) is 11.9 Å². The van der Waals surface area contributed by atoms with Gasteiger partial charge in [-0.25, -0.2) is 0 Å². The van der Waals surface area contributed by atoms with Crippen molar-refractivity contribution in [1.29, 1.82) is 0 Å². The molecule has 0 aliphatic rings. The van der Waals surface area contributed by atoms with Crippen molar-refractivity contribution >= 4 is 17.8 Å². The molecule has 0 spiro atoms. The van der Waals surface area contributed by atoms with E-state index in [-0.39, 0.29) is 19.6 Å². The lowest BCUT2D eigenvalue weighted by Gasteiger charge is -2.25. The van der Waals surface area contributed by atoms with Crippen LogP contribution in [0.15, 0.2) is 43.0 Å². The Morgan fingerprint density at radius 2 is 1.82 bits per heavy atom. The van der Waals surface area contributed by atoms with Gasteiger partial charge < -0.3 is 19.7 Å². The van der Waals surface area contributed by atoms with Crippen LogP contribution < -0.4 is 5.32 Å². The lowest BCUT2D eigenvalue weighted by atomic mass is 10.1. The van der Waals surface area contributed by atoms with E-state index in [2.05, 4.69) is 11.9 Å². The van der Waals surface area contributed by atoms with Gasteiger partial charge in [0, 0.05) is 13.6 Å². The van der Waals surface area contributed by atoms with Crippen LogP contribution in [0.25, 0.3) is 0 Å². The second-order valence-corrected chi connectivity index (χ2v) is 7.38. The first-order valence-corrected chi connectivity index (χ1v) is 9.13. The third-order valence-electron chi connectivity index (χ3n) is 3.58. The van der Waals surface area contributed by atoms with Crippen LogP contribution >= 0.6 is 0 Å². The molecule has 1 atom stereocenters. The molecular weight excluding hydrogens is 360 g/mol. The van der Waals surface area contributed by atoms with Crippen LogP contribution in [0, 0.1) is 0 Å². The Morgan fingerprint density at radius 3 is 2.39 bits per heavy atom. The van der Waals surface area contributed by atoms with E-state index in [1.807, 2.05) is 30.3 Å². The SMILES string of the molecule is C=CCN[C@@H](CC(=O)OCc1ccccc1)C(=O)N(C)CC(=O)OC(C)(C)C. The molecule has 1 aromatic rings. The molecule has 1 rings (SSSR count). The van der Waals surface area contributed by atoms with Gasteiger partial charge in [-0.05, 0) is 26.3 Å². The minimum absolute atomic E-state index is 0.135. The van der Waals surface area contributed by atoms with Crippen LogP contribution in [0.1, 0.15) is 32.8 Å². The molecule has 0 aromatic heterocycles. The van der Waals surface area contributed by atoms with Crippen molar-refractivity contribution < 1.29 is 23.9 Å². The summed E-state index contributed by atoms with van der Waals surface area (Å²) in [4.78, 5) is 38.0. The third kappa shape index (κ3) is 9.32. The Morgan fingerprint density at radius 1 is 1.18 bits per heavy atom. The van der Waals surface area contributed by atoms with Gasteiger partial charge in [0.05, 0.1) is 12.5 Å². The van der Waals surface area contributed by atoms with E-state index in [0.29, 0.717) is 6.54 Å². The molecule has 7 heteroatoms. The zero-order valence-electron chi connectivity index (χ0n) is 17.1. The molecule has 0 unspecified atom stereocenters. The van der Waals surface area contributed by atoms with E-state index < -0.39 is 29.5 Å². The van der Waals surface area contributed by atoms with Gasteiger partial charge in [0.15, 0.2) is 0 Å². The highest BCUT2D eigenvalue weighted by atomic mass is 16.6. The number of ether oxygens (including phenoxy) is 2. The summed E-state index contributed by atoms with van der Waals surface area (Å²) in [6.45, 7) is 9.13. The van der Waals surface area contributed by atoms with Crippen LogP contribution in [0.4, 0.5) is 0 Å². The first-order chi connectivity index (χ1) is 13.1. The molecule has 28 heavy (non-hydrogen) atoms. The molecule has 154 valence electrons. The van der Waals surface area contributed by atoms with Crippen molar-refractivity contribution in [1.82, 2.24) is 10.2 Å². The Balaban J connectivity index is 2.63. The molecular formula is C21H30N2O5. The molecule has 0 aliphatic carbocycles. The van der Waals surface area contributed by atoms with Crippen molar-refractivity contribution in [2.45, 2.75) is 45.4 Å². The van der Waals surface area contributed by atoms with Crippen LogP contribution in [-0.2, 0) is 30.5 Å². The lowest BCUT2D eigenvalue weighted by Crippen LogP contribution is -2.48. The number of rotatable bonds is 10. The molecule has 0 fully saturated rings. The van der Waals surface area contributed by atoms with E-state index in [9.17, 15) is 14.4 Å². The predicted molar refractivity (Wildman–Crippen MR) is 106 cm³/mol. The van der Waals surface area contributed by atoms with Crippen LogP contribution in [0.3, 0.4) is 0 Å². The fraction of sp³-hybridized carbons (Fsp3) is 0.476. The summed E-state index contributed by atoms with van der Waals surface area (Å²) < 4.78 is 10.5. The molecule has 1 aromatic carbocycles. The molecule has 7 nitrogen and oxygen atoms in total. The van der Waals surface area contributed by atoms with E-state index in [1.54, 1.807) is 26.8 Å². The number of nitrogens with one attached hydrogen (secondary N) is 1. The molecule has 1 amide bonds. The normalized spacial score (nSPS) is 12.0. The average Bonchev–Trinajstić information content (AvgIpc) is 2.62. The summed E-state index contributed by atoms with van der Waals surface area (Å²) in [6.07, 6.45) is 1.43. The van der Waals surface area contributed by atoms with Gasteiger partial charge in [-0.2, -0.15) is 0 Å². The van der Waals surface area contributed by atoms with Crippen LogP contribution in [0.2, 0.25) is 0 Å². The molecule has 0 heterocycles. The summed E-state index contributed by atoms with van der Waals surface area (Å²) in [5, 5.41) is 2.94. The topological polar surface area (TPSA) is 84.9 Å². The highest BCUT2D eigenvalue weighted by molar-refractivity contribution is 5.89. The van der Waals surface area contributed by atoms with Crippen molar-refractivity contribution in [3.63, 3.8) is 0 Å². The van der Waals surface area contributed by atoms with E-state index in [0.717, 1.165) is 5.56 Å². The van der Waals surface area contributed by atoms with Gasteiger partial charge >= 0.3 is 11.9 Å². The first kappa shape index (κ1) is 23.4. The zero-order chi connectivity index (χ0) is 21.2. The van der Waals surface area contributed by atoms with Crippen molar-refractivity contribution in [2.24, 2.45) is 0 Å². The highest BCUT2D eigenvalue weighted by Gasteiger charge is 2.27. The van der Waals surface area contributed by atoms with Gasteiger partial charge in [0.25, 0.3) is 0 Å². The van der Waals surface area contributed by atoms with Gasteiger partial charge in [0.1, 0.15) is 18.8 Å². The molecule has 0 saturated heterocycles. The Hall–Kier alpha value is -2.67. The summed E-state index contributed by atoms with van der Waals surface area (Å²) in [5.74, 6) is -1.42. The second-order valence-electron chi connectivity index (χ2n) is 7.38. The minimum Gasteiger partial charge on any atom is -0.461 e. The second kappa shape index (κ2) is 11.2. The Bertz CT molecular complexity index is 667. The number of carbonyl (C=O) groups excluding carboxylic acids is 3. The fourth-order valence-electron chi connectivity index (χ4n) is 2.35. The molecule has 0 aliphatic heterocycles. The summed E-state index contributed by atoms with van der Waals surface area (Å²) in [6, 6.07) is 8.45. The molecule has 0 saturated carbocycles. The van der Waals surface area contributed by atoms with Crippen LogP contribution in [-0.4, -0.2) is 54.5 Å². The molecule has 0 bridgehead atoms. The number of hydrogen-bond donors (Lipinski definition) is 1. The summed E-state index contributed by atoms with van der Waals surface area (Å²) in [7, 11) is 1.49. The Kier molecular flexibility index (Phi) is 9.38. The average molecular weight is 390 g/mol. The van der Waals surface area contributed by atoms with Gasteiger partial charge in [-0.3, -0.25) is 14.4 Å². The molecule has 1 N–H and O–H groups in total. The van der Waals surface area contributed by atoms with Gasteiger partial charge in [-0.15, -0.1) is 6.58 Å². The van der Waals surface area contributed by atoms with E-state index >= 15 is 0 Å². The highest BCUT2D eigenvalue weighted by Crippen LogP contribution is 2.09. The van der Waals surface area contributed by atoms with Crippen molar-refractivity contribution in [3.8, 4) is 0 Å². The number of carbonyl (C=O) groups is 3. The smallest absolute Gasteiger partial charge is 0.326 e. The monoisotopic (exact) mass is 390 g/mol. The zero-order valence-corrected chi connectivity index (χ0v) is 17.1. The van der Waals surface area contributed by atoms with E-state index in [4.69, 9.17) is 9.47 Å². The quantitative estimate of drug-likeness (QED) is 0.486. The number of likely N-dealkylation sites (N-methyl/N-ethyl adjacent to an activating group) is 1. The minimum atomic E-state index is -0.825. The van der Waals surface area contributed by atoms with Gasteiger partial charge in [0.2, 0.25) is 5.91 Å². The summed E-state index contributed by atoms with van der Waals surface area (Å²) >= 11 is 0. The Labute approximate surface area is 166 Å². The standard InChI is InChI=1S/C21H30N2O5/c1-6-12-22-17(13-18(24)27-15-16-10-8-7-9-11-16)20(26)23(5)14-19(25)28-21(2,3)4/h6-11,17,22H,1,12-15H2,2-5H3/t17-/m0/s1. The maximum atomic E-state index is 12.7. The number of benzene rings is 1. The maximum absolute atomic E-state index is 12.7. The third-order valence-corrected chi connectivity index (χ3v) is 3.58. The number of esters is 2. The predicted octanol–water partition coefficient (Wildman–Crippen LogP) is 2.06. The van der Waals surface area contributed by atoms with Crippen molar-refractivity contribution in [3.05, 3.63) is 48.6 Å². The van der Waals surface area contributed by atoms with Gasteiger partial charge in [-0.1, -0.05) is 36.4 Å². The first-order valence-electron chi connectivity index (χ1n) is 9.13. The van der Waals surface area contributed by atoms with Crippen molar-refractivity contribution in [2.75, 3.05) is 20.1 Å². The maximum Gasteiger partial charge on any atom is 0.326 e. The number of amides is 1. The number of hydrogen-bond acceptors (Lipinski definition) is 6. The number of nitrogens with zero attached hydrogens (tertiary/aromatic N) is 1. The summed E-state index contributed by atoms with van der Waals surface area (Å²) in [5.41, 5.74) is 0.225. The molecule has 0 radical (unpaired) electrons. The van der Waals surface area contributed by atoms with Crippen LogP contribution in [0.5, 0.6) is 0 Å². The largest absolute Gasteiger partial charge is 0.461 e. The fourth-order valence-corrected chi connectivity index (χ4v) is 2.35. The lowest BCUT2D eigenvalue weighted by molar-refractivity contribution is -0.158.